The van der Waals surface area contributed by atoms with Gasteiger partial charge < -0.3 is 9.47 Å². The molecule has 3 heterocycles. The number of piperidine rings is 1. The predicted octanol–water partition coefficient (Wildman–Crippen LogP) is 7.16. The third kappa shape index (κ3) is 4.23. The van der Waals surface area contributed by atoms with Crippen LogP contribution < -0.4 is 0 Å². The third-order valence-electron chi connectivity index (χ3n) is 6.40. The van der Waals surface area contributed by atoms with Crippen LogP contribution in [-0.4, -0.2) is 34.1 Å². The van der Waals surface area contributed by atoms with Gasteiger partial charge in [0.2, 0.25) is 0 Å². The molecule has 2 aromatic carbocycles. The minimum atomic E-state index is 0.551. The molecular weight excluding hydrogens is 425 g/mol. The van der Waals surface area contributed by atoms with Crippen molar-refractivity contribution >= 4 is 34.1 Å². The number of likely N-dealkylation sites (N-methyl/N-ethyl adjacent to an activating group) is 1. The molecule has 3 nitrogen and oxygen atoms in total. The number of halogens is 2. The number of fused-ring (bicyclic) bond motifs is 1. The number of likely N-dealkylation sites (tertiary alicyclic amines) is 1. The number of benzene rings is 2. The van der Waals surface area contributed by atoms with Crippen LogP contribution >= 0.6 is 23.2 Å². The van der Waals surface area contributed by atoms with E-state index in [1.165, 1.54) is 42.3 Å². The molecule has 0 saturated carbocycles. The van der Waals surface area contributed by atoms with Gasteiger partial charge in [0.25, 0.3) is 0 Å². The Morgan fingerprint density at radius 1 is 0.903 bits per heavy atom. The van der Waals surface area contributed by atoms with Gasteiger partial charge in [0.05, 0.1) is 5.52 Å². The summed E-state index contributed by atoms with van der Waals surface area (Å²) >= 11 is 12.5. The molecule has 1 saturated heterocycles. The smallest absolute Gasteiger partial charge is 0.0502 e. The zero-order valence-corrected chi connectivity index (χ0v) is 19.1. The fourth-order valence-electron chi connectivity index (χ4n) is 4.64. The second-order valence-corrected chi connectivity index (χ2v) is 9.33. The van der Waals surface area contributed by atoms with Gasteiger partial charge in [-0.05, 0) is 62.3 Å². The van der Waals surface area contributed by atoms with E-state index in [1.54, 1.807) is 0 Å². The molecule has 158 valence electrons. The summed E-state index contributed by atoms with van der Waals surface area (Å²) in [6.07, 6.45) is 9.94. The molecule has 5 heteroatoms. The first-order chi connectivity index (χ1) is 15.1. The van der Waals surface area contributed by atoms with E-state index in [9.17, 15) is 0 Å². The fourth-order valence-corrected chi connectivity index (χ4v) is 4.93. The summed E-state index contributed by atoms with van der Waals surface area (Å²) in [6, 6.07) is 16.8. The second-order valence-electron chi connectivity index (χ2n) is 8.46. The SMILES string of the molecule is CN1CCCCC1Cn1cc(-c2cncc(-c3ccc(Cl)cc3)c2)c2ccc(Cl)cc21. The van der Waals surface area contributed by atoms with Gasteiger partial charge in [-0.3, -0.25) is 4.98 Å². The van der Waals surface area contributed by atoms with Crippen molar-refractivity contribution in [3.63, 3.8) is 0 Å². The van der Waals surface area contributed by atoms with Crippen LogP contribution in [0, 0.1) is 0 Å². The average Bonchev–Trinajstić information content (AvgIpc) is 3.13. The summed E-state index contributed by atoms with van der Waals surface area (Å²) in [5, 5.41) is 2.71. The molecule has 4 aromatic rings. The summed E-state index contributed by atoms with van der Waals surface area (Å²) in [5.74, 6) is 0. The van der Waals surface area contributed by atoms with Crippen LogP contribution in [0.1, 0.15) is 19.3 Å². The molecule has 0 radical (unpaired) electrons. The molecule has 31 heavy (non-hydrogen) atoms. The van der Waals surface area contributed by atoms with Crippen molar-refractivity contribution in [2.24, 2.45) is 0 Å². The number of rotatable bonds is 4. The highest BCUT2D eigenvalue weighted by Crippen LogP contribution is 2.34. The zero-order chi connectivity index (χ0) is 21.4. The van der Waals surface area contributed by atoms with Crippen LogP contribution in [0.2, 0.25) is 10.0 Å². The monoisotopic (exact) mass is 449 g/mol. The van der Waals surface area contributed by atoms with Gasteiger partial charge in [-0.2, -0.15) is 0 Å². The van der Waals surface area contributed by atoms with Gasteiger partial charge >= 0.3 is 0 Å². The quantitative estimate of drug-likeness (QED) is 0.329. The zero-order valence-electron chi connectivity index (χ0n) is 17.6. The Balaban J connectivity index is 1.57. The van der Waals surface area contributed by atoms with E-state index in [0.29, 0.717) is 6.04 Å². The summed E-state index contributed by atoms with van der Waals surface area (Å²) < 4.78 is 2.37. The number of hydrogen-bond donors (Lipinski definition) is 0. The van der Waals surface area contributed by atoms with E-state index < -0.39 is 0 Å². The molecule has 5 rings (SSSR count). The molecule has 0 N–H and O–H groups in total. The lowest BCUT2D eigenvalue weighted by Crippen LogP contribution is -2.38. The lowest BCUT2D eigenvalue weighted by atomic mass is 10.0. The van der Waals surface area contributed by atoms with E-state index in [0.717, 1.165) is 33.3 Å². The minimum Gasteiger partial charge on any atom is -0.345 e. The van der Waals surface area contributed by atoms with E-state index in [1.807, 2.05) is 42.7 Å². The van der Waals surface area contributed by atoms with Gasteiger partial charge in [0.15, 0.2) is 0 Å². The molecular formula is C26H25Cl2N3. The Kier molecular flexibility index (Phi) is 5.75. The van der Waals surface area contributed by atoms with Crippen molar-refractivity contribution in [1.82, 2.24) is 14.5 Å². The Bertz CT molecular complexity index is 1210. The van der Waals surface area contributed by atoms with Crippen molar-refractivity contribution in [2.45, 2.75) is 31.8 Å². The Labute approximate surface area is 193 Å². The van der Waals surface area contributed by atoms with Gasteiger partial charge in [-0.25, -0.2) is 0 Å². The summed E-state index contributed by atoms with van der Waals surface area (Å²) in [6.45, 7) is 2.14. The largest absolute Gasteiger partial charge is 0.345 e. The van der Waals surface area contributed by atoms with Crippen molar-refractivity contribution in [2.75, 3.05) is 13.6 Å². The van der Waals surface area contributed by atoms with E-state index in [-0.39, 0.29) is 0 Å². The average molecular weight is 450 g/mol. The Morgan fingerprint density at radius 3 is 2.48 bits per heavy atom. The number of pyridine rings is 1. The van der Waals surface area contributed by atoms with Crippen molar-refractivity contribution in [3.8, 4) is 22.3 Å². The van der Waals surface area contributed by atoms with E-state index in [4.69, 9.17) is 23.2 Å². The van der Waals surface area contributed by atoms with Crippen molar-refractivity contribution in [3.05, 3.63) is 77.2 Å². The molecule has 1 atom stereocenters. The van der Waals surface area contributed by atoms with Crippen LogP contribution in [-0.2, 0) is 6.54 Å². The molecule has 2 aromatic heterocycles. The van der Waals surface area contributed by atoms with Crippen molar-refractivity contribution < 1.29 is 0 Å². The fraction of sp³-hybridized carbons (Fsp3) is 0.269. The van der Waals surface area contributed by atoms with Crippen LogP contribution in [0.4, 0.5) is 0 Å². The van der Waals surface area contributed by atoms with Gasteiger partial charge in [-0.1, -0.05) is 47.8 Å². The molecule has 1 aliphatic rings. The molecule has 1 fully saturated rings. The lowest BCUT2D eigenvalue weighted by Gasteiger charge is -2.32. The van der Waals surface area contributed by atoms with E-state index in [2.05, 4.69) is 45.9 Å². The Hall–Kier alpha value is -2.33. The van der Waals surface area contributed by atoms with Crippen LogP contribution in [0.3, 0.4) is 0 Å². The summed E-state index contributed by atoms with van der Waals surface area (Å²) in [5.41, 5.74) is 5.66. The third-order valence-corrected chi connectivity index (χ3v) is 6.89. The number of aromatic nitrogens is 2. The number of nitrogens with zero attached hydrogens (tertiary/aromatic N) is 3. The minimum absolute atomic E-state index is 0.551. The molecule has 1 unspecified atom stereocenters. The first-order valence-corrected chi connectivity index (χ1v) is 11.5. The number of hydrogen-bond acceptors (Lipinski definition) is 2. The standard InChI is InChI=1S/C26H25Cl2N3/c1-30-11-3-2-4-23(30)16-31-17-25(24-10-9-22(28)13-26(24)31)20-12-19(14-29-15-20)18-5-7-21(27)8-6-18/h5-10,12-15,17,23H,2-4,11,16H2,1H3. The maximum absolute atomic E-state index is 6.39. The normalized spacial score (nSPS) is 17.3. The van der Waals surface area contributed by atoms with Crippen LogP contribution in [0.5, 0.6) is 0 Å². The van der Waals surface area contributed by atoms with Gasteiger partial charge in [0.1, 0.15) is 0 Å². The molecule has 1 aliphatic heterocycles. The maximum atomic E-state index is 6.39. The van der Waals surface area contributed by atoms with Crippen molar-refractivity contribution in [1.29, 1.82) is 0 Å². The van der Waals surface area contributed by atoms with E-state index >= 15 is 0 Å². The maximum Gasteiger partial charge on any atom is 0.0502 e. The first-order valence-electron chi connectivity index (χ1n) is 10.8. The summed E-state index contributed by atoms with van der Waals surface area (Å²) in [4.78, 5) is 7.03. The molecule has 0 amide bonds. The Morgan fingerprint density at radius 2 is 1.68 bits per heavy atom. The molecule has 0 spiro atoms. The lowest BCUT2D eigenvalue weighted by molar-refractivity contribution is 0.169. The predicted molar refractivity (Wildman–Crippen MR) is 131 cm³/mol. The molecule has 0 aliphatic carbocycles. The topological polar surface area (TPSA) is 21.1 Å². The highest BCUT2D eigenvalue weighted by atomic mass is 35.5. The van der Waals surface area contributed by atoms with Gasteiger partial charge in [0, 0.05) is 63.3 Å². The van der Waals surface area contributed by atoms with Crippen LogP contribution in [0.15, 0.2) is 67.1 Å². The summed E-state index contributed by atoms with van der Waals surface area (Å²) in [7, 11) is 2.24. The highest BCUT2D eigenvalue weighted by molar-refractivity contribution is 6.31. The highest BCUT2D eigenvalue weighted by Gasteiger charge is 2.21. The first kappa shape index (κ1) is 20.6. The van der Waals surface area contributed by atoms with Gasteiger partial charge in [-0.15, -0.1) is 0 Å². The molecule has 0 bridgehead atoms. The second kappa shape index (κ2) is 8.66. The van der Waals surface area contributed by atoms with Crippen LogP contribution in [0.25, 0.3) is 33.2 Å².